The quantitative estimate of drug-likeness (QED) is 0.174. The van der Waals surface area contributed by atoms with Crippen LogP contribution in [0.25, 0.3) is 11.1 Å². The van der Waals surface area contributed by atoms with E-state index in [0.717, 1.165) is 21.7 Å². The lowest BCUT2D eigenvalue weighted by molar-refractivity contribution is -0.141. The first kappa shape index (κ1) is 29.0. The number of hydrogen-bond donors (Lipinski definition) is 2. The van der Waals surface area contributed by atoms with E-state index >= 15 is 0 Å². The Labute approximate surface area is 248 Å². The molecule has 0 saturated carbocycles. The fourth-order valence-corrected chi connectivity index (χ4v) is 5.86. The average Bonchev–Trinajstić information content (AvgIpc) is 3.44. The van der Waals surface area contributed by atoms with Gasteiger partial charge in [-0.3, -0.25) is 9.59 Å². The number of aromatic nitrogens is 2. The van der Waals surface area contributed by atoms with Crippen LogP contribution in [0.5, 0.6) is 0 Å². The Bertz CT molecular complexity index is 1710. The Morgan fingerprint density at radius 1 is 0.833 bits per heavy atom. The van der Waals surface area contributed by atoms with Crippen molar-refractivity contribution < 1.29 is 22.8 Å². The second-order valence-electron chi connectivity index (χ2n) is 9.12. The van der Waals surface area contributed by atoms with Gasteiger partial charge in [-0.1, -0.05) is 48.5 Å². The van der Waals surface area contributed by atoms with E-state index in [-0.39, 0.29) is 22.5 Å². The minimum Gasteiger partial charge on any atom is -0.322 e. The number of nitrogens with zero attached hydrogens (tertiary/aromatic N) is 2. The summed E-state index contributed by atoms with van der Waals surface area (Å²) in [6.45, 7) is 1.91. The molecule has 0 saturated heterocycles. The van der Waals surface area contributed by atoms with Crippen LogP contribution in [-0.4, -0.2) is 21.8 Å². The number of thioether (sulfide) groups is 1. The van der Waals surface area contributed by atoms with Crippen LogP contribution in [0.3, 0.4) is 0 Å². The van der Waals surface area contributed by atoms with Crippen molar-refractivity contribution in [1.29, 1.82) is 0 Å². The van der Waals surface area contributed by atoms with Gasteiger partial charge >= 0.3 is 6.18 Å². The molecule has 0 atom stereocenters. The maximum absolute atomic E-state index is 13.7. The molecule has 6 nitrogen and oxygen atoms in total. The smallest absolute Gasteiger partial charge is 0.322 e. The van der Waals surface area contributed by atoms with Gasteiger partial charge in [-0.2, -0.15) is 13.2 Å². The molecule has 5 aromatic rings. The number of thiazole rings is 1. The molecule has 0 bridgehead atoms. The highest BCUT2D eigenvalue weighted by Gasteiger charge is 2.39. The van der Waals surface area contributed by atoms with Gasteiger partial charge in [0.15, 0.2) is 5.69 Å². The fourth-order valence-electron chi connectivity index (χ4n) is 3.97. The summed E-state index contributed by atoms with van der Waals surface area (Å²) in [5.41, 5.74) is 2.43. The highest BCUT2D eigenvalue weighted by molar-refractivity contribution is 7.98. The van der Waals surface area contributed by atoms with E-state index in [1.54, 1.807) is 30.3 Å². The SMILES string of the molecule is Cc1ccccc1NC(=O)c1ccc(-c2ccc(NC(=O)c3sc(CSc4ccccc4)nc3C(F)(F)F)nc2)cc1. The molecule has 0 aliphatic carbocycles. The highest BCUT2D eigenvalue weighted by Crippen LogP contribution is 2.36. The number of para-hydroxylation sites is 1. The van der Waals surface area contributed by atoms with Crippen LogP contribution in [0, 0.1) is 6.92 Å². The Balaban J connectivity index is 1.25. The van der Waals surface area contributed by atoms with Gasteiger partial charge < -0.3 is 10.6 Å². The van der Waals surface area contributed by atoms with E-state index in [4.69, 9.17) is 0 Å². The molecule has 0 fully saturated rings. The minimum atomic E-state index is -4.78. The summed E-state index contributed by atoms with van der Waals surface area (Å²) in [5, 5.41) is 5.53. The zero-order valence-corrected chi connectivity index (χ0v) is 23.7. The third-order valence-electron chi connectivity index (χ3n) is 6.13. The van der Waals surface area contributed by atoms with E-state index in [1.165, 1.54) is 24.0 Å². The zero-order chi connectivity index (χ0) is 29.7. The second-order valence-corrected chi connectivity index (χ2v) is 11.2. The summed E-state index contributed by atoms with van der Waals surface area (Å²) in [6.07, 6.45) is -3.28. The zero-order valence-electron chi connectivity index (χ0n) is 22.1. The van der Waals surface area contributed by atoms with Crippen LogP contribution in [-0.2, 0) is 11.9 Å². The number of anilines is 2. The first-order valence-corrected chi connectivity index (χ1v) is 14.5. The number of amides is 2. The van der Waals surface area contributed by atoms with Crippen molar-refractivity contribution in [3.63, 3.8) is 0 Å². The van der Waals surface area contributed by atoms with Crippen molar-refractivity contribution in [2.75, 3.05) is 10.6 Å². The molecule has 0 spiro atoms. The molecule has 0 aliphatic rings. The van der Waals surface area contributed by atoms with Crippen molar-refractivity contribution in [3.05, 3.63) is 124 Å². The van der Waals surface area contributed by atoms with E-state index < -0.39 is 22.7 Å². The first-order valence-electron chi connectivity index (χ1n) is 12.7. The van der Waals surface area contributed by atoms with Crippen molar-refractivity contribution in [1.82, 2.24) is 9.97 Å². The maximum Gasteiger partial charge on any atom is 0.435 e. The Kier molecular flexibility index (Phi) is 8.69. The van der Waals surface area contributed by atoms with E-state index in [0.29, 0.717) is 22.5 Å². The monoisotopic (exact) mass is 604 g/mol. The lowest BCUT2D eigenvalue weighted by atomic mass is 10.1. The Morgan fingerprint density at radius 3 is 2.19 bits per heavy atom. The standard InChI is InChI=1S/C31H23F3N4O2S2/c1-19-7-5-6-10-24(19)36-29(39)21-13-11-20(12-14-21)22-15-16-25(35-17-22)37-30(40)27-28(31(32,33)34)38-26(42-27)18-41-23-8-3-2-4-9-23/h2-17H,18H2,1H3,(H,36,39)(H,35,37,40). The molecule has 2 amide bonds. The Morgan fingerprint density at radius 2 is 1.52 bits per heavy atom. The average molecular weight is 605 g/mol. The number of carbonyl (C=O) groups excluding carboxylic acids is 2. The summed E-state index contributed by atoms with van der Waals surface area (Å²) in [6, 6.07) is 26.8. The number of rotatable bonds is 8. The molecule has 42 heavy (non-hydrogen) atoms. The van der Waals surface area contributed by atoms with E-state index in [9.17, 15) is 22.8 Å². The maximum atomic E-state index is 13.7. The number of nitrogens with one attached hydrogen (secondary N) is 2. The molecule has 2 N–H and O–H groups in total. The largest absolute Gasteiger partial charge is 0.435 e. The van der Waals surface area contributed by atoms with Gasteiger partial charge in [0.1, 0.15) is 15.7 Å². The molecule has 0 unspecified atom stereocenters. The molecule has 2 aromatic heterocycles. The van der Waals surface area contributed by atoms with Crippen molar-refractivity contribution in [2.45, 2.75) is 23.7 Å². The number of hydrogen-bond acceptors (Lipinski definition) is 6. The molecular weight excluding hydrogens is 581 g/mol. The Hall–Kier alpha value is -4.48. The van der Waals surface area contributed by atoms with Crippen molar-refractivity contribution >= 4 is 46.4 Å². The third-order valence-corrected chi connectivity index (χ3v) is 8.39. The van der Waals surface area contributed by atoms with E-state index in [2.05, 4.69) is 20.6 Å². The predicted octanol–water partition coefficient (Wildman–Crippen LogP) is 8.33. The number of alkyl halides is 3. The summed E-state index contributed by atoms with van der Waals surface area (Å²) in [5.74, 6) is -0.875. The molecule has 11 heteroatoms. The van der Waals surface area contributed by atoms with Crippen molar-refractivity contribution in [2.24, 2.45) is 0 Å². The van der Waals surface area contributed by atoms with Crippen LogP contribution in [0.4, 0.5) is 24.7 Å². The number of pyridine rings is 1. The molecule has 0 aliphatic heterocycles. The summed E-state index contributed by atoms with van der Waals surface area (Å²) in [7, 11) is 0. The minimum absolute atomic E-state index is 0.0970. The van der Waals surface area contributed by atoms with Gasteiger partial charge in [0.25, 0.3) is 11.8 Å². The summed E-state index contributed by atoms with van der Waals surface area (Å²) < 4.78 is 41.1. The van der Waals surface area contributed by atoms with E-state index in [1.807, 2.05) is 61.5 Å². The molecule has 0 radical (unpaired) electrons. The number of aryl methyl sites for hydroxylation is 1. The van der Waals surface area contributed by atoms with Crippen LogP contribution in [0.1, 0.15) is 36.3 Å². The predicted molar refractivity (Wildman–Crippen MR) is 160 cm³/mol. The second kappa shape index (κ2) is 12.6. The summed E-state index contributed by atoms with van der Waals surface area (Å²) >= 11 is 2.05. The lowest BCUT2D eigenvalue weighted by Gasteiger charge is -2.09. The number of benzene rings is 3. The number of halogens is 3. The highest BCUT2D eigenvalue weighted by atomic mass is 32.2. The molecule has 5 rings (SSSR count). The van der Waals surface area contributed by atoms with Crippen molar-refractivity contribution in [3.8, 4) is 11.1 Å². The van der Waals surface area contributed by atoms with Gasteiger partial charge in [-0.05, 0) is 60.5 Å². The molecule has 212 valence electrons. The number of carbonyl (C=O) groups is 2. The topological polar surface area (TPSA) is 84.0 Å². The molecular formula is C31H23F3N4O2S2. The first-order chi connectivity index (χ1) is 20.2. The van der Waals surface area contributed by atoms with Gasteiger partial charge in [-0.15, -0.1) is 23.1 Å². The summed E-state index contributed by atoms with van der Waals surface area (Å²) in [4.78, 5) is 33.8. The third kappa shape index (κ3) is 7.04. The van der Waals surface area contributed by atoms with Crippen LogP contribution in [0.15, 0.2) is 102 Å². The van der Waals surface area contributed by atoms with Crippen LogP contribution in [0.2, 0.25) is 0 Å². The van der Waals surface area contributed by atoms with Gasteiger partial charge in [0, 0.05) is 27.9 Å². The van der Waals surface area contributed by atoms with Crippen LogP contribution < -0.4 is 10.6 Å². The molecule has 2 heterocycles. The normalized spacial score (nSPS) is 11.2. The fraction of sp³-hybridized carbons (Fsp3) is 0.0968. The molecule has 3 aromatic carbocycles. The lowest BCUT2D eigenvalue weighted by Crippen LogP contribution is -2.17. The van der Waals surface area contributed by atoms with Gasteiger partial charge in [-0.25, -0.2) is 9.97 Å². The van der Waals surface area contributed by atoms with Gasteiger partial charge in [0.05, 0.1) is 5.75 Å². The van der Waals surface area contributed by atoms with Crippen LogP contribution >= 0.6 is 23.1 Å². The van der Waals surface area contributed by atoms with Gasteiger partial charge in [0.2, 0.25) is 0 Å².